The van der Waals surface area contributed by atoms with Crippen LogP contribution in [-0.2, 0) is 5.41 Å². The van der Waals surface area contributed by atoms with E-state index in [1.165, 1.54) is 75.8 Å². The first-order valence-corrected chi connectivity index (χ1v) is 15.5. The minimum atomic E-state index is 0.164. The molecule has 202 valence electrons. The molecule has 2 saturated carbocycles. The largest absolute Gasteiger partial charge is 0.310 e. The Morgan fingerprint density at radius 3 is 1.98 bits per heavy atom. The average Bonchev–Trinajstić information content (AvgIpc) is 3.75. The molecule has 0 amide bonds. The van der Waals surface area contributed by atoms with Gasteiger partial charge in [0.1, 0.15) is 0 Å². The van der Waals surface area contributed by atoms with Crippen LogP contribution in [0.25, 0.3) is 33.0 Å². The average molecular weight is 540 g/mol. The third-order valence-electron chi connectivity index (χ3n) is 10.5. The van der Waals surface area contributed by atoms with Crippen molar-refractivity contribution < 1.29 is 0 Å². The molecule has 3 atom stereocenters. The lowest BCUT2D eigenvalue weighted by Crippen LogP contribution is -2.32. The predicted octanol–water partition coefficient (Wildman–Crippen LogP) is 11.1. The summed E-state index contributed by atoms with van der Waals surface area (Å²) in [5.74, 6) is 1.61. The Kier molecular flexibility index (Phi) is 5.26. The zero-order valence-electron chi connectivity index (χ0n) is 23.7. The van der Waals surface area contributed by atoms with Crippen molar-refractivity contribution in [3.05, 3.63) is 151 Å². The van der Waals surface area contributed by atoms with Gasteiger partial charge in [0.05, 0.1) is 0 Å². The lowest BCUT2D eigenvalue weighted by atomic mass is 9.67. The van der Waals surface area contributed by atoms with E-state index in [1.807, 2.05) is 0 Å². The molecule has 0 N–H and O–H groups in total. The Morgan fingerprint density at radius 2 is 1.17 bits per heavy atom. The number of anilines is 3. The van der Waals surface area contributed by atoms with Crippen LogP contribution in [0.5, 0.6) is 0 Å². The fourth-order valence-electron chi connectivity index (χ4n) is 8.71. The van der Waals surface area contributed by atoms with Gasteiger partial charge in [-0.3, -0.25) is 0 Å². The van der Waals surface area contributed by atoms with Crippen LogP contribution in [0.2, 0.25) is 0 Å². The number of nitrogens with zero attached hydrogens (tertiary/aromatic N) is 1. The van der Waals surface area contributed by atoms with E-state index in [2.05, 4.69) is 144 Å². The molecule has 6 aromatic rings. The molecule has 0 saturated heterocycles. The standard InChI is InChI=1S/C41H33N/c1-2-8-29(9-3-1)31-15-19-34(20-16-31)42(35-21-17-30-10-4-5-11-32(30)25-35)36-22-23-38-37-12-6-7-13-39(37)41(40(38)26-36)27-28-14-18-33(41)24-28/h1-13,15-17,19-23,25-26,28,33H,14,18,24,27H2. The highest BCUT2D eigenvalue weighted by Gasteiger charge is 2.56. The summed E-state index contributed by atoms with van der Waals surface area (Å²) in [6, 6.07) is 51.9. The molecule has 1 heteroatoms. The highest BCUT2D eigenvalue weighted by molar-refractivity contribution is 5.91. The van der Waals surface area contributed by atoms with Crippen LogP contribution in [-0.4, -0.2) is 0 Å². The second-order valence-corrected chi connectivity index (χ2v) is 12.6. The van der Waals surface area contributed by atoms with Gasteiger partial charge < -0.3 is 4.90 Å². The van der Waals surface area contributed by atoms with Crippen molar-refractivity contribution >= 4 is 27.8 Å². The van der Waals surface area contributed by atoms with E-state index < -0.39 is 0 Å². The summed E-state index contributed by atoms with van der Waals surface area (Å²) in [4.78, 5) is 2.46. The van der Waals surface area contributed by atoms with Gasteiger partial charge in [-0.2, -0.15) is 0 Å². The molecule has 6 aromatic carbocycles. The van der Waals surface area contributed by atoms with Crippen molar-refractivity contribution in [2.75, 3.05) is 4.90 Å². The molecule has 9 rings (SSSR count). The van der Waals surface area contributed by atoms with E-state index in [1.54, 1.807) is 11.1 Å². The van der Waals surface area contributed by atoms with Crippen molar-refractivity contribution in [3.63, 3.8) is 0 Å². The number of hydrogen-bond acceptors (Lipinski definition) is 1. The van der Waals surface area contributed by atoms with Gasteiger partial charge in [0.2, 0.25) is 0 Å². The molecule has 1 spiro atoms. The van der Waals surface area contributed by atoms with Crippen molar-refractivity contribution in [1.82, 2.24) is 0 Å². The number of fused-ring (bicyclic) bond motifs is 9. The van der Waals surface area contributed by atoms with Gasteiger partial charge in [0.15, 0.2) is 0 Å². The van der Waals surface area contributed by atoms with Crippen molar-refractivity contribution in [3.8, 4) is 22.3 Å². The SMILES string of the molecule is c1ccc(-c2ccc(N(c3ccc4c(c3)C3(CC5CCC3C5)c3ccccc3-4)c3ccc4ccccc4c3)cc2)cc1. The van der Waals surface area contributed by atoms with Crippen LogP contribution in [0.4, 0.5) is 17.1 Å². The number of benzene rings is 6. The third-order valence-corrected chi connectivity index (χ3v) is 10.5. The monoisotopic (exact) mass is 539 g/mol. The van der Waals surface area contributed by atoms with Crippen molar-refractivity contribution in [1.29, 1.82) is 0 Å². The molecular weight excluding hydrogens is 506 g/mol. The van der Waals surface area contributed by atoms with Gasteiger partial charge in [0, 0.05) is 22.5 Å². The molecule has 3 unspecified atom stereocenters. The summed E-state index contributed by atoms with van der Waals surface area (Å²) >= 11 is 0. The molecule has 0 aromatic heterocycles. The molecule has 1 nitrogen and oxygen atoms in total. The van der Waals surface area contributed by atoms with E-state index in [0.717, 1.165) is 11.8 Å². The summed E-state index contributed by atoms with van der Waals surface area (Å²) in [6.45, 7) is 0. The molecule has 0 aliphatic heterocycles. The van der Waals surface area contributed by atoms with Gasteiger partial charge in [0.25, 0.3) is 0 Å². The Bertz CT molecular complexity index is 1950. The fourth-order valence-corrected chi connectivity index (χ4v) is 8.71. The lowest BCUT2D eigenvalue weighted by molar-refractivity contribution is 0.327. The maximum atomic E-state index is 2.55. The summed E-state index contributed by atoms with van der Waals surface area (Å²) in [5.41, 5.74) is 12.3. The molecule has 42 heavy (non-hydrogen) atoms. The lowest BCUT2D eigenvalue weighted by Gasteiger charge is -2.37. The quantitative estimate of drug-likeness (QED) is 0.215. The van der Waals surface area contributed by atoms with Crippen molar-refractivity contribution in [2.45, 2.75) is 31.1 Å². The minimum absolute atomic E-state index is 0.164. The second-order valence-electron chi connectivity index (χ2n) is 12.6. The Hall–Kier alpha value is -4.62. The molecule has 2 bridgehead atoms. The van der Waals surface area contributed by atoms with Crippen LogP contribution in [0.3, 0.4) is 0 Å². The van der Waals surface area contributed by atoms with Crippen LogP contribution < -0.4 is 4.90 Å². The van der Waals surface area contributed by atoms with Crippen LogP contribution in [0.1, 0.15) is 36.8 Å². The van der Waals surface area contributed by atoms with E-state index in [9.17, 15) is 0 Å². The van der Waals surface area contributed by atoms with Gasteiger partial charge in [-0.25, -0.2) is 0 Å². The topological polar surface area (TPSA) is 3.24 Å². The Labute approximate surface area is 248 Å². The molecule has 0 heterocycles. The Morgan fingerprint density at radius 1 is 0.500 bits per heavy atom. The first kappa shape index (κ1) is 24.0. The summed E-state index contributed by atoms with van der Waals surface area (Å²) in [6.07, 6.45) is 5.44. The zero-order valence-corrected chi connectivity index (χ0v) is 23.7. The van der Waals surface area contributed by atoms with Crippen LogP contribution >= 0.6 is 0 Å². The highest BCUT2D eigenvalue weighted by atomic mass is 15.1. The number of rotatable bonds is 4. The zero-order chi connectivity index (χ0) is 27.7. The number of hydrogen-bond donors (Lipinski definition) is 0. The summed E-state index contributed by atoms with van der Waals surface area (Å²) in [5, 5.41) is 2.53. The van der Waals surface area contributed by atoms with E-state index in [-0.39, 0.29) is 5.41 Å². The van der Waals surface area contributed by atoms with Gasteiger partial charge in [-0.15, -0.1) is 0 Å². The van der Waals surface area contributed by atoms with E-state index in [4.69, 9.17) is 0 Å². The minimum Gasteiger partial charge on any atom is -0.310 e. The summed E-state index contributed by atoms with van der Waals surface area (Å²) < 4.78 is 0. The maximum absolute atomic E-state index is 2.55. The van der Waals surface area contributed by atoms with Crippen molar-refractivity contribution in [2.24, 2.45) is 11.8 Å². The first-order valence-electron chi connectivity index (χ1n) is 15.5. The molecular formula is C41H33N. The van der Waals surface area contributed by atoms with E-state index >= 15 is 0 Å². The molecule has 3 aliphatic carbocycles. The maximum Gasteiger partial charge on any atom is 0.0468 e. The molecule has 3 aliphatic rings. The highest BCUT2D eigenvalue weighted by Crippen LogP contribution is 2.66. The normalized spacial score (nSPS) is 21.5. The van der Waals surface area contributed by atoms with Crippen LogP contribution in [0, 0.1) is 11.8 Å². The Balaban J connectivity index is 1.22. The summed E-state index contributed by atoms with van der Waals surface area (Å²) in [7, 11) is 0. The smallest absolute Gasteiger partial charge is 0.0468 e. The van der Waals surface area contributed by atoms with Crippen LogP contribution in [0.15, 0.2) is 140 Å². The third kappa shape index (κ3) is 3.50. The second kappa shape index (κ2) is 9.19. The van der Waals surface area contributed by atoms with Gasteiger partial charge in [-0.05, 0) is 112 Å². The first-order chi connectivity index (χ1) is 20.8. The molecule has 2 fully saturated rings. The fraction of sp³-hybridized carbons (Fsp3) is 0.171. The van der Waals surface area contributed by atoms with Gasteiger partial charge in [-0.1, -0.05) is 110 Å². The van der Waals surface area contributed by atoms with E-state index in [0.29, 0.717) is 0 Å². The molecule has 0 radical (unpaired) electrons. The van der Waals surface area contributed by atoms with Gasteiger partial charge >= 0.3 is 0 Å². The predicted molar refractivity (Wildman–Crippen MR) is 176 cm³/mol.